The molecule has 0 radical (unpaired) electrons. The summed E-state index contributed by atoms with van der Waals surface area (Å²) < 4.78 is 29.5. The van der Waals surface area contributed by atoms with Gasteiger partial charge in [-0.15, -0.1) is 0 Å². The van der Waals surface area contributed by atoms with Crippen molar-refractivity contribution in [2.24, 2.45) is 0 Å². The second-order valence-corrected chi connectivity index (χ2v) is 10.2. The van der Waals surface area contributed by atoms with Gasteiger partial charge >= 0.3 is 0 Å². The van der Waals surface area contributed by atoms with Crippen LogP contribution in [0.1, 0.15) is 41.6 Å². The molecule has 9 heteroatoms. The van der Waals surface area contributed by atoms with E-state index in [-0.39, 0.29) is 11.8 Å². The topological polar surface area (TPSA) is 87.0 Å². The smallest absolute Gasteiger partial charge is 0.255 e. The molecule has 0 aliphatic carbocycles. The third kappa shape index (κ3) is 4.22. The van der Waals surface area contributed by atoms with Gasteiger partial charge in [0.15, 0.2) is 0 Å². The van der Waals surface area contributed by atoms with Crippen molar-refractivity contribution < 1.29 is 13.2 Å². The zero-order valence-electron chi connectivity index (χ0n) is 18.7. The predicted octanol–water partition coefficient (Wildman–Crippen LogP) is 2.72. The van der Waals surface area contributed by atoms with Crippen molar-refractivity contribution in [3.63, 3.8) is 0 Å². The van der Waals surface area contributed by atoms with E-state index in [0.717, 1.165) is 29.6 Å². The number of amides is 1. The fourth-order valence-electron chi connectivity index (χ4n) is 4.18. The van der Waals surface area contributed by atoms with Gasteiger partial charge in [-0.25, -0.2) is 12.9 Å². The SMILES string of the molecule is CCNC(=O)c1cnn2ccc(C3CCN(S(=O)(=O)c4ccc(N(C)C)cc4)CC3)cc12. The van der Waals surface area contributed by atoms with Crippen LogP contribution in [0, 0.1) is 0 Å². The molecule has 0 atom stereocenters. The summed E-state index contributed by atoms with van der Waals surface area (Å²) in [6.45, 7) is 3.38. The highest BCUT2D eigenvalue weighted by molar-refractivity contribution is 7.89. The lowest BCUT2D eigenvalue weighted by Crippen LogP contribution is -2.37. The van der Waals surface area contributed by atoms with E-state index in [9.17, 15) is 13.2 Å². The van der Waals surface area contributed by atoms with Crippen LogP contribution in [0.2, 0.25) is 0 Å². The predicted molar refractivity (Wildman–Crippen MR) is 125 cm³/mol. The third-order valence-electron chi connectivity index (χ3n) is 6.04. The van der Waals surface area contributed by atoms with Crippen molar-refractivity contribution in [1.29, 1.82) is 0 Å². The number of carbonyl (C=O) groups is 1. The van der Waals surface area contributed by atoms with Gasteiger partial charge in [0.25, 0.3) is 5.91 Å². The zero-order chi connectivity index (χ0) is 22.9. The Kier molecular flexibility index (Phi) is 6.21. The van der Waals surface area contributed by atoms with E-state index in [2.05, 4.69) is 10.4 Å². The third-order valence-corrected chi connectivity index (χ3v) is 7.96. The fraction of sp³-hybridized carbons (Fsp3) is 0.391. The summed E-state index contributed by atoms with van der Waals surface area (Å²) in [6.07, 6.45) is 4.91. The number of anilines is 1. The molecule has 1 fully saturated rings. The van der Waals surface area contributed by atoms with E-state index < -0.39 is 10.0 Å². The molecule has 1 N–H and O–H groups in total. The van der Waals surface area contributed by atoms with Crippen LogP contribution in [0.25, 0.3) is 5.52 Å². The van der Waals surface area contributed by atoms with Gasteiger partial charge in [0.05, 0.1) is 22.2 Å². The van der Waals surface area contributed by atoms with Crippen molar-refractivity contribution in [2.45, 2.75) is 30.6 Å². The summed E-state index contributed by atoms with van der Waals surface area (Å²) in [5, 5.41) is 7.09. The van der Waals surface area contributed by atoms with E-state index in [1.54, 1.807) is 27.2 Å². The van der Waals surface area contributed by atoms with Crippen LogP contribution >= 0.6 is 0 Å². The number of piperidine rings is 1. The van der Waals surface area contributed by atoms with Crippen LogP contribution in [0.4, 0.5) is 5.69 Å². The Labute approximate surface area is 188 Å². The van der Waals surface area contributed by atoms with Crippen LogP contribution in [-0.4, -0.2) is 62.0 Å². The number of sulfonamides is 1. The standard InChI is InChI=1S/C23H29N5O3S/c1-4-24-23(29)21-16-25-28-14-11-18(15-22(21)28)17-9-12-27(13-10-17)32(30,31)20-7-5-19(6-8-20)26(2)3/h5-8,11,14-17H,4,9-10,12-13H2,1-3H3,(H,24,29). The van der Waals surface area contributed by atoms with Crippen LogP contribution < -0.4 is 10.2 Å². The quantitative estimate of drug-likeness (QED) is 0.618. The van der Waals surface area contributed by atoms with E-state index in [1.807, 2.05) is 56.4 Å². The number of hydrogen-bond acceptors (Lipinski definition) is 5. The molecule has 1 aromatic carbocycles. The van der Waals surface area contributed by atoms with Crippen molar-refractivity contribution in [1.82, 2.24) is 19.2 Å². The number of pyridine rings is 1. The molecule has 1 amide bonds. The van der Waals surface area contributed by atoms with Crippen molar-refractivity contribution in [2.75, 3.05) is 38.6 Å². The van der Waals surface area contributed by atoms with Crippen LogP contribution in [0.5, 0.6) is 0 Å². The van der Waals surface area contributed by atoms with Crippen LogP contribution in [-0.2, 0) is 10.0 Å². The minimum atomic E-state index is -3.51. The van der Waals surface area contributed by atoms with E-state index in [0.29, 0.717) is 30.1 Å². The monoisotopic (exact) mass is 455 g/mol. The van der Waals surface area contributed by atoms with Crippen molar-refractivity contribution in [3.05, 3.63) is 59.9 Å². The summed E-state index contributed by atoms with van der Waals surface area (Å²) in [4.78, 5) is 14.6. The molecule has 0 spiro atoms. The van der Waals surface area contributed by atoms with E-state index in [1.165, 1.54) is 0 Å². The molecule has 8 nitrogen and oxygen atoms in total. The maximum absolute atomic E-state index is 13.1. The number of carbonyl (C=O) groups excluding carboxylic acids is 1. The lowest BCUT2D eigenvalue weighted by Gasteiger charge is -2.31. The molecular formula is C23H29N5O3S. The first-order valence-electron chi connectivity index (χ1n) is 10.8. The average molecular weight is 456 g/mol. The van der Waals surface area contributed by atoms with Gasteiger partial charge < -0.3 is 10.2 Å². The van der Waals surface area contributed by atoms with Crippen molar-refractivity contribution in [3.8, 4) is 0 Å². The number of aromatic nitrogens is 2. The normalized spacial score (nSPS) is 15.7. The van der Waals surface area contributed by atoms with Crippen LogP contribution in [0.3, 0.4) is 0 Å². The number of hydrogen-bond donors (Lipinski definition) is 1. The molecule has 32 heavy (non-hydrogen) atoms. The summed E-state index contributed by atoms with van der Waals surface area (Å²) in [5.41, 5.74) is 3.39. The van der Waals surface area contributed by atoms with Gasteiger partial charge in [0.2, 0.25) is 10.0 Å². The van der Waals surface area contributed by atoms with E-state index in [4.69, 9.17) is 0 Å². The number of fused-ring (bicyclic) bond motifs is 1. The van der Waals surface area contributed by atoms with Gasteiger partial charge in [-0.05, 0) is 67.6 Å². The summed E-state index contributed by atoms with van der Waals surface area (Å²) in [5.74, 6) is 0.0976. The minimum absolute atomic E-state index is 0.138. The van der Waals surface area contributed by atoms with Gasteiger partial charge in [-0.1, -0.05) is 0 Å². The Hall–Kier alpha value is -2.91. The number of benzene rings is 1. The lowest BCUT2D eigenvalue weighted by atomic mass is 9.90. The van der Waals surface area contributed by atoms with Gasteiger partial charge in [0.1, 0.15) is 0 Å². The van der Waals surface area contributed by atoms with E-state index >= 15 is 0 Å². The highest BCUT2D eigenvalue weighted by Gasteiger charge is 2.30. The Bertz CT molecular complexity index is 1210. The molecule has 170 valence electrons. The molecule has 1 saturated heterocycles. The fourth-order valence-corrected chi connectivity index (χ4v) is 5.65. The lowest BCUT2D eigenvalue weighted by molar-refractivity contribution is 0.0957. The molecule has 3 heterocycles. The first kappa shape index (κ1) is 22.3. The maximum atomic E-state index is 13.1. The largest absolute Gasteiger partial charge is 0.378 e. The summed E-state index contributed by atoms with van der Waals surface area (Å²) in [7, 11) is 0.338. The molecular weight excluding hydrogens is 426 g/mol. The molecule has 2 aromatic heterocycles. The second kappa shape index (κ2) is 8.91. The number of rotatable bonds is 6. The molecule has 1 aliphatic rings. The molecule has 1 aliphatic heterocycles. The second-order valence-electron chi connectivity index (χ2n) is 8.27. The highest BCUT2D eigenvalue weighted by atomic mass is 32.2. The highest BCUT2D eigenvalue weighted by Crippen LogP contribution is 2.32. The van der Waals surface area contributed by atoms with Gasteiger partial charge in [0, 0.05) is 45.6 Å². The maximum Gasteiger partial charge on any atom is 0.255 e. The summed E-state index contributed by atoms with van der Waals surface area (Å²) in [6, 6.07) is 11.0. The molecule has 3 aromatic rings. The Morgan fingerprint density at radius 2 is 1.84 bits per heavy atom. The van der Waals surface area contributed by atoms with Gasteiger partial charge in [-0.2, -0.15) is 9.40 Å². The first-order chi connectivity index (χ1) is 15.3. The Morgan fingerprint density at radius 1 is 1.16 bits per heavy atom. The molecule has 4 rings (SSSR count). The summed E-state index contributed by atoms with van der Waals surface area (Å²) >= 11 is 0. The number of nitrogens with one attached hydrogen (secondary N) is 1. The Balaban J connectivity index is 1.49. The first-order valence-corrected chi connectivity index (χ1v) is 12.3. The van der Waals surface area contributed by atoms with Crippen LogP contribution in [0.15, 0.2) is 53.7 Å². The Morgan fingerprint density at radius 3 is 2.47 bits per heavy atom. The molecule has 0 unspecified atom stereocenters. The minimum Gasteiger partial charge on any atom is -0.378 e. The van der Waals surface area contributed by atoms with Crippen molar-refractivity contribution >= 4 is 27.1 Å². The molecule has 0 bridgehead atoms. The zero-order valence-corrected chi connectivity index (χ0v) is 19.5. The molecule has 0 saturated carbocycles. The van der Waals surface area contributed by atoms with Gasteiger partial charge in [-0.3, -0.25) is 4.79 Å². The number of nitrogens with zero attached hydrogens (tertiary/aromatic N) is 4. The average Bonchev–Trinajstić information content (AvgIpc) is 3.23.